The van der Waals surface area contributed by atoms with Crippen molar-refractivity contribution in [1.82, 2.24) is 24.7 Å². The molecule has 0 fully saturated rings. The first-order chi connectivity index (χ1) is 13.6. The summed E-state index contributed by atoms with van der Waals surface area (Å²) in [4.78, 5) is 8.47. The smallest absolute Gasteiger partial charge is 0.223 e. The van der Waals surface area contributed by atoms with Crippen LogP contribution in [-0.4, -0.2) is 24.7 Å². The van der Waals surface area contributed by atoms with E-state index in [0.717, 1.165) is 22.3 Å². The molecule has 0 radical (unpaired) electrons. The summed E-state index contributed by atoms with van der Waals surface area (Å²) >= 11 is 13.7. The Morgan fingerprint density at radius 1 is 0.929 bits per heavy atom. The molecule has 140 valence electrons. The summed E-state index contributed by atoms with van der Waals surface area (Å²) in [5.74, 6) is 1.38. The molecule has 0 spiro atoms. The summed E-state index contributed by atoms with van der Waals surface area (Å²) in [6.07, 6.45) is 0. The van der Waals surface area contributed by atoms with Gasteiger partial charge in [0.05, 0.1) is 0 Å². The Labute approximate surface area is 176 Å². The maximum atomic E-state index is 6.07. The van der Waals surface area contributed by atoms with Gasteiger partial charge in [-0.1, -0.05) is 53.7 Å². The molecule has 0 aliphatic carbocycles. The molecule has 0 aliphatic rings. The van der Waals surface area contributed by atoms with Crippen LogP contribution < -0.4 is 0 Å². The fraction of sp³-hybridized carbons (Fsp3) is 0.100. The molecule has 0 aliphatic heterocycles. The second-order valence-electron chi connectivity index (χ2n) is 6.06. The maximum absolute atomic E-state index is 6.07. The summed E-state index contributed by atoms with van der Waals surface area (Å²) in [5.41, 5.74) is 3.48. The molecule has 8 heteroatoms. The van der Waals surface area contributed by atoms with Gasteiger partial charge in [-0.25, -0.2) is 9.97 Å². The van der Waals surface area contributed by atoms with Gasteiger partial charge in [-0.15, -0.1) is 10.2 Å². The standard InChI is InChI=1S/C20H15Cl2N5S/c1-13-11-17(24-19(22)23-13)18-25-26-20(28-12-14-5-3-2-4-6-14)27(18)16-9-7-15(21)8-10-16/h2-11H,12H2,1H3. The molecule has 0 unspecified atom stereocenters. The van der Waals surface area contributed by atoms with E-state index in [-0.39, 0.29) is 5.28 Å². The minimum absolute atomic E-state index is 0.180. The quantitative estimate of drug-likeness (QED) is 0.305. The van der Waals surface area contributed by atoms with Gasteiger partial charge in [0.1, 0.15) is 5.69 Å². The van der Waals surface area contributed by atoms with Crippen LogP contribution in [0.1, 0.15) is 11.3 Å². The number of aromatic nitrogens is 5. The third-order valence-corrected chi connectivity index (χ3v) is 5.41. The van der Waals surface area contributed by atoms with Gasteiger partial charge in [0.2, 0.25) is 5.28 Å². The summed E-state index contributed by atoms with van der Waals surface area (Å²) in [7, 11) is 0. The monoisotopic (exact) mass is 427 g/mol. The molecule has 0 saturated carbocycles. The van der Waals surface area contributed by atoms with Crippen molar-refractivity contribution in [2.75, 3.05) is 0 Å². The van der Waals surface area contributed by atoms with Crippen molar-refractivity contribution in [2.45, 2.75) is 17.8 Å². The predicted molar refractivity (Wildman–Crippen MR) is 113 cm³/mol. The average Bonchev–Trinajstić information content (AvgIpc) is 3.11. The van der Waals surface area contributed by atoms with Crippen LogP contribution in [0.4, 0.5) is 0 Å². The number of halogens is 2. The minimum atomic E-state index is 0.180. The SMILES string of the molecule is Cc1cc(-c2nnc(SCc3ccccc3)n2-c2ccc(Cl)cc2)nc(Cl)n1. The van der Waals surface area contributed by atoms with E-state index in [0.29, 0.717) is 16.5 Å². The Bertz CT molecular complexity index is 1080. The van der Waals surface area contributed by atoms with Crippen LogP contribution >= 0.6 is 35.0 Å². The van der Waals surface area contributed by atoms with E-state index in [1.54, 1.807) is 11.8 Å². The normalized spacial score (nSPS) is 11.0. The highest BCUT2D eigenvalue weighted by Crippen LogP contribution is 2.30. The maximum Gasteiger partial charge on any atom is 0.223 e. The van der Waals surface area contributed by atoms with E-state index < -0.39 is 0 Å². The lowest BCUT2D eigenvalue weighted by molar-refractivity contribution is 0.884. The Morgan fingerprint density at radius 2 is 1.68 bits per heavy atom. The van der Waals surface area contributed by atoms with Crippen LogP contribution in [0.5, 0.6) is 0 Å². The molecule has 0 bridgehead atoms. The van der Waals surface area contributed by atoms with Crippen LogP contribution in [0.3, 0.4) is 0 Å². The zero-order chi connectivity index (χ0) is 19.5. The van der Waals surface area contributed by atoms with E-state index in [1.165, 1.54) is 5.56 Å². The highest BCUT2D eigenvalue weighted by atomic mass is 35.5. The van der Waals surface area contributed by atoms with Gasteiger partial charge in [0, 0.05) is 22.2 Å². The van der Waals surface area contributed by atoms with Gasteiger partial charge in [-0.2, -0.15) is 0 Å². The summed E-state index contributed by atoms with van der Waals surface area (Å²) in [6, 6.07) is 19.6. The van der Waals surface area contributed by atoms with Gasteiger partial charge in [-0.05, 0) is 54.4 Å². The molecular formula is C20H15Cl2N5S. The van der Waals surface area contributed by atoms with Gasteiger partial charge < -0.3 is 0 Å². The van der Waals surface area contributed by atoms with Crippen LogP contribution in [-0.2, 0) is 5.75 Å². The number of nitrogens with zero attached hydrogens (tertiary/aromatic N) is 5. The van der Waals surface area contributed by atoms with Crippen molar-refractivity contribution < 1.29 is 0 Å². The molecule has 0 saturated heterocycles. The molecule has 28 heavy (non-hydrogen) atoms. The first kappa shape index (κ1) is 18.9. The molecule has 0 N–H and O–H groups in total. The van der Waals surface area contributed by atoms with Crippen molar-refractivity contribution in [1.29, 1.82) is 0 Å². The summed E-state index contributed by atoms with van der Waals surface area (Å²) in [6.45, 7) is 1.87. The molecule has 4 rings (SSSR count). The highest BCUT2D eigenvalue weighted by molar-refractivity contribution is 7.98. The lowest BCUT2D eigenvalue weighted by Crippen LogP contribution is -2.02. The van der Waals surface area contributed by atoms with Crippen molar-refractivity contribution in [3.63, 3.8) is 0 Å². The van der Waals surface area contributed by atoms with Crippen LogP contribution in [0.15, 0.2) is 65.8 Å². The first-order valence-electron chi connectivity index (χ1n) is 8.50. The van der Waals surface area contributed by atoms with E-state index in [9.17, 15) is 0 Å². The van der Waals surface area contributed by atoms with Crippen LogP contribution in [0, 0.1) is 6.92 Å². The van der Waals surface area contributed by atoms with Gasteiger partial charge in [0.15, 0.2) is 11.0 Å². The zero-order valence-electron chi connectivity index (χ0n) is 14.9. The molecule has 2 aromatic heterocycles. The third kappa shape index (κ3) is 4.19. The Balaban J connectivity index is 1.78. The Morgan fingerprint density at radius 3 is 2.39 bits per heavy atom. The largest absolute Gasteiger partial charge is 0.269 e. The van der Waals surface area contributed by atoms with Crippen LogP contribution in [0.25, 0.3) is 17.2 Å². The molecular weight excluding hydrogens is 413 g/mol. The minimum Gasteiger partial charge on any atom is -0.269 e. The number of hydrogen-bond acceptors (Lipinski definition) is 5. The van der Waals surface area contributed by atoms with E-state index >= 15 is 0 Å². The van der Waals surface area contributed by atoms with E-state index in [4.69, 9.17) is 23.2 Å². The van der Waals surface area contributed by atoms with Crippen molar-refractivity contribution in [3.8, 4) is 17.2 Å². The first-order valence-corrected chi connectivity index (χ1v) is 10.2. The van der Waals surface area contributed by atoms with Gasteiger partial charge in [0.25, 0.3) is 0 Å². The third-order valence-electron chi connectivity index (χ3n) is 3.98. The second-order valence-corrected chi connectivity index (χ2v) is 7.77. The van der Waals surface area contributed by atoms with Crippen molar-refractivity contribution in [3.05, 3.63) is 82.2 Å². The average molecular weight is 428 g/mol. The summed E-state index contributed by atoms with van der Waals surface area (Å²) in [5, 5.41) is 10.4. The topological polar surface area (TPSA) is 56.5 Å². The van der Waals surface area contributed by atoms with Gasteiger partial charge >= 0.3 is 0 Å². The molecule has 5 nitrogen and oxygen atoms in total. The van der Waals surface area contributed by atoms with Gasteiger partial charge in [-0.3, -0.25) is 4.57 Å². The van der Waals surface area contributed by atoms with Crippen molar-refractivity contribution in [2.24, 2.45) is 0 Å². The Kier molecular flexibility index (Phi) is 5.62. The Hall–Kier alpha value is -2.41. The number of rotatable bonds is 5. The number of hydrogen-bond donors (Lipinski definition) is 0. The number of benzene rings is 2. The lowest BCUT2D eigenvalue weighted by atomic mass is 10.2. The molecule has 4 aromatic rings. The molecule has 2 heterocycles. The lowest BCUT2D eigenvalue weighted by Gasteiger charge is -2.10. The van der Waals surface area contributed by atoms with Crippen LogP contribution in [0.2, 0.25) is 10.3 Å². The van der Waals surface area contributed by atoms with Crippen molar-refractivity contribution >= 4 is 35.0 Å². The summed E-state index contributed by atoms with van der Waals surface area (Å²) < 4.78 is 1.96. The molecule has 0 atom stereocenters. The number of aryl methyl sites for hydroxylation is 1. The fourth-order valence-electron chi connectivity index (χ4n) is 2.72. The number of thioether (sulfide) groups is 1. The highest BCUT2D eigenvalue weighted by Gasteiger charge is 2.18. The molecule has 2 aromatic carbocycles. The predicted octanol–water partition coefficient (Wildman–Crippen LogP) is 5.63. The van der Waals surface area contributed by atoms with E-state index in [2.05, 4.69) is 32.3 Å². The molecule has 0 amide bonds. The fourth-order valence-corrected chi connectivity index (χ4v) is 3.98. The zero-order valence-corrected chi connectivity index (χ0v) is 17.2. The van der Waals surface area contributed by atoms with E-state index in [1.807, 2.05) is 60.0 Å². The second kappa shape index (κ2) is 8.31.